The van der Waals surface area contributed by atoms with E-state index in [2.05, 4.69) is 38.0 Å². The average Bonchev–Trinajstić information content (AvgIpc) is 2.77. The predicted molar refractivity (Wildman–Crippen MR) is 67.2 cm³/mol. The first-order chi connectivity index (χ1) is 7.16. The Morgan fingerprint density at radius 1 is 1.27 bits per heavy atom. The third kappa shape index (κ3) is 3.76. The van der Waals surface area contributed by atoms with Gasteiger partial charge in [-0.25, -0.2) is 0 Å². The van der Waals surface area contributed by atoms with Crippen LogP contribution in [0, 0.1) is 5.92 Å². The van der Waals surface area contributed by atoms with Crippen molar-refractivity contribution in [3.05, 3.63) is 0 Å². The highest BCUT2D eigenvalue weighted by atomic mass is 15.2. The second-order valence-electron chi connectivity index (χ2n) is 5.13. The van der Waals surface area contributed by atoms with E-state index in [1.165, 1.54) is 25.7 Å². The maximum absolute atomic E-state index is 3.45. The summed E-state index contributed by atoms with van der Waals surface area (Å²) >= 11 is 0. The minimum atomic E-state index is 0.701. The molecular formula is C13H28N2. The van der Waals surface area contributed by atoms with Gasteiger partial charge in [-0.05, 0) is 45.8 Å². The van der Waals surface area contributed by atoms with E-state index in [1.807, 2.05) is 0 Å². The summed E-state index contributed by atoms with van der Waals surface area (Å²) in [4.78, 5) is 2.61. The van der Waals surface area contributed by atoms with Crippen LogP contribution in [0.25, 0.3) is 0 Å². The lowest BCUT2D eigenvalue weighted by molar-refractivity contribution is 0.142. The Morgan fingerprint density at radius 3 is 2.40 bits per heavy atom. The van der Waals surface area contributed by atoms with Crippen molar-refractivity contribution in [1.82, 2.24) is 10.2 Å². The molecule has 0 spiro atoms. The molecule has 0 heterocycles. The highest BCUT2D eigenvalue weighted by Gasteiger charge is 2.25. The van der Waals surface area contributed by atoms with E-state index >= 15 is 0 Å². The zero-order valence-corrected chi connectivity index (χ0v) is 10.9. The van der Waals surface area contributed by atoms with Crippen LogP contribution < -0.4 is 5.32 Å². The van der Waals surface area contributed by atoms with Crippen molar-refractivity contribution in [1.29, 1.82) is 0 Å². The molecule has 2 atom stereocenters. The van der Waals surface area contributed by atoms with E-state index < -0.39 is 0 Å². The summed E-state index contributed by atoms with van der Waals surface area (Å²) in [6, 6.07) is 1.55. The fraction of sp³-hybridized carbons (Fsp3) is 1.00. The van der Waals surface area contributed by atoms with Crippen LogP contribution in [0.2, 0.25) is 0 Å². The molecule has 1 rings (SSSR count). The largest absolute Gasteiger partial charge is 0.317 e. The highest BCUT2D eigenvalue weighted by molar-refractivity contribution is 4.81. The molecule has 0 aromatic rings. The summed E-state index contributed by atoms with van der Waals surface area (Å²) in [5, 5.41) is 3.45. The Balaban J connectivity index is 2.33. The summed E-state index contributed by atoms with van der Waals surface area (Å²) in [6.45, 7) is 9.15. The van der Waals surface area contributed by atoms with Crippen molar-refractivity contribution in [2.45, 2.75) is 58.5 Å². The van der Waals surface area contributed by atoms with Crippen LogP contribution in [0.15, 0.2) is 0 Å². The first kappa shape index (κ1) is 13.0. The first-order valence-corrected chi connectivity index (χ1v) is 6.59. The standard InChI is InChI=1S/C13H28N2/c1-5-14-10-11(2)12(3)15(4)13-8-6-7-9-13/h11-14H,5-10H2,1-4H3. The molecule has 1 fully saturated rings. The third-order valence-electron chi connectivity index (χ3n) is 4.08. The number of nitrogens with zero attached hydrogens (tertiary/aromatic N) is 1. The van der Waals surface area contributed by atoms with E-state index in [9.17, 15) is 0 Å². The number of rotatable bonds is 6. The summed E-state index contributed by atoms with van der Waals surface area (Å²) in [7, 11) is 2.31. The van der Waals surface area contributed by atoms with Gasteiger partial charge in [-0.2, -0.15) is 0 Å². The van der Waals surface area contributed by atoms with Gasteiger partial charge in [0.2, 0.25) is 0 Å². The van der Waals surface area contributed by atoms with Crippen molar-refractivity contribution in [2.24, 2.45) is 5.92 Å². The van der Waals surface area contributed by atoms with Crippen molar-refractivity contribution in [2.75, 3.05) is 20.1 Å². The normalized spacial score (nSPS) is 22.2. The molecule has 1 N–H and O–H groups in total. The Kier molecular flexibility index (Phi) is 5.62. The molecule has 0 amide bonds. The van der Waals surface area contributed by atoms with Gasteiger partial charge in [-0.3, -0.25) is 0 Å². The zero-order chi connectivity index (χ0) is 11.3. The van der Waals surface area contributed by atoms with Crippen LogP contribution in [0.4, 0.5) is 0 Å². The molecule has 15 heavy (non-hydrogen) atoms. The van der Waals surface area contributed by atoms with Gasteiger partial charge in [0.05, 0.1) is 0 Å². The molecule has 2 unspecified atom stereocenters. The van der Waals surface area contributed by atoms with Crippen LogP contribution in [0.1, 0.15) is 46.5 Å². The molecule has 1 saturated carbocycles. The summed E-state index contributed by atoms with van der Waals surface area (Å²) < 4.78 is 0. The van der Waals surface area contributed by atoms with Crippen LogP contribution in [-0.4, -0.2) is 37.1 Å². The van der Waals surface area contributed by atoms with Crippen molar-refractivity contribution < 1.29 is 0 Å². The quantitative estimate of drug-likeness (QED) is 0.728. The lowest BCUT2D eigenvalue weighted by Gasteiger charge is -2.34. The zero-order valence-electron chi connectivity index (χ0n) is 10.9. The lowest BCUT2D eigenvalue weighted by Crippen LogP contribution is -2.43. The van der Waals surface area contributed by atoms with Gasteiger partial charge in [-0.15, -0.1) is 0 Å². The molecule has 0 radical (unpaired) electrons. The highest BCUT2D eigenvalue weighted by Crippen LogP contribution is 2.25. The van der Waals surface area contributed by atoms with Crippen LogP contribution >= 0.6 is 0 Å². The van der Waals surface area contributed by atoms with Crippen LogP contribution in [0.5, 0.6) is 0 Å². The van der Waals surface area contributed by atoms with Crippen molar-refractivity contribution in [3.63, 3.8) is 0 Å². The van der Waals surface area contributed by atoms with E-state index in [-0.39, 0.29) is 0 Å². The molecule has 90 valence electrons. The first-order valence-electron chi connectivity index (χ1n) is 6.59. The van der Waals surface area contributed by atoms with Gasteiger partial charge in [-0.1, -0.05) is 26.7 Å². The topological polar surface area (TPSA) is 15.3 Å². The average molecular weight is 212 g/mol. The van der Waals surface area contributed by atoms with Crippen LogP contribution in [-0.2, 0) is 0 Å². The summed E-state index contributed by atoms with van der Waals surface area (Å²) in [5.41, 5.74) is 0. The predicted octanol–water partition coefficient (Wildman–Crippen LogP) is 2.49. The Morgan fingerprint density at radius 2 is 1.87 bits per heavy atom. The Bertz CT molecular complexity index is 164. The third-order valence-corrected chi connectivity index (χ3v) is 4.08. The smallest absolute Gasteiger partial charge is 0.0105 e. The SMILES string of the molecule is CCNCC(C)C(C)N(C)C1CCCC1. The molecule has 1 aliphatic rings. The molecule has 1 aliphatic carbocycles. The fourth-order valence-electron chi connectivity index (χ4n) is 2.59. The monoisotopic (exact) mass is 212 g/mol. The second-order valence-corrected chi connectivity index (χ2v) is 5.13. The maximum atomic E-state index is 3.45. The van der Waals surface area contributed by atoms with Gasteiger partial charge in [0, 0.05) is 12.1 Å². The second kappa shape index (κ2) is 6.49. The fourth-order valence-corrected chi connectivity index (χ4v) is 2.59. The van der Waals surface area contributed by atoms with Gasteiger partial charge < -0.3 is 10.2 Å². The molecule has 0 saturated heterocycles. The van der Waals surface area contributed by atoms with E-state index in [4.69, 9.17) is 0 Å². The molecule has 2 nitrogen and oxygen atoms in total. The van der Waals surface area contributed by atoms with Gasteiger partial charge in [0.25, 0.3) is 0 Å². The Labute approximate surface area is 95.4 Å². The molecular weight excluding hydrogens is 184 g/mol. The van der Waals surface area contributed by atoms with Gasteiger partial charge in [0.1, 0.15) is 0 Å². The van der Waals surface area contributed by atoms with E-state index in [1.54, 1.807) is 0 Å². The van der Waals surface area contributed by atoms with Crippen molar-refractivity contribution >= 4 is 0 Å². The number of hydrogen-bond donors (Lipinski definition) is 1. The van der Waals surface area contributed by atoms with E-state index in [0.717, 1.165) is 25.0 Å². The Hall–Kier alpha value is -0.0800. The van der Waals surface area contributed by atoms with E-state index in [0.29, 0.717) is 6.04 Å². The minimum Gasteiger partial charge on any atom is -0.317 e. The number of hydrogen-bond acceptors (Lipinski definition) is 2. The molecule has 2 heteroatoms. The molecule has 0 aromatic heterocycles. The molecule has 0 aromatic carbocycles. The van der Waals surface area contributed by atoms with Crippen molar-refractivity contribution in [3.8, 4) is 0 Å². The maximum Gasteiger partial charge on any atom is 0.0105 e. The van der Waals surface area contributed by atoms with Gasteiger partial charge >= 0.3 is 0 Å². The van der Waals surface area contributed by atoms with Crippen LogP contribution in [0.3, 0.4) is 0 Å². The van der Waals surface area contributed by atoms with Gasteiger partial charge in [0.15, 0.2) is 0 Å². The summed E-state index contributed by atoms with van der Waals surface area (Å²) in [6.07, 6.45) is 5.69. The molecule has 0 aliphatic heterocycles. The summed E-state index contributed by atoms with van der Waals surface area (Å²) in [5.74, 6) is 0.746. The number of nitrogens with one attached hydrogen (secondary N) is 1. The minimum absolute atomic E-state index is 0.701. The molecule has 0 bridgehead atoms. The lowest BCUT2D eigenvalue weighted by atomic mass is 10.0.